The van der Waals surface area contributed by atoms with Crippen molar-refractivity contribution in [1.82, 2.24) is 9.97 Å². The van der Waals surface area contributed by atoms with Gasteiger partial charge in [-0.15, -0.1) is 0 Å². The van der Waals surface area contributed by atoms with Crippen molar-refractivity contribution in [1.29, 1.82) is 0 Å². The maximum Gasteiger partial charge on any atom is 0.134 e. The summed E-state index contributed by atoms with van der Waals surface area (Å²) in [5.41, 5.74) is 1.10. The van der Waals surface area contributed by atoms with Gasteiger partial charge in [0.1, 0.15) is 17.5 Å². The smallest absolute Gasteiger partial charge is 0.134 e. The van der Waals surface area contributed by atoms with E-state index in [-0.39, 0.29) is 0 Å². The van der Waals surface area contributed by atoms with Crippen molar-refractivity contribution in [3.05, 3.63) is 11.4 Å². The van der Waals surface area contributed by atoms with Crippen LogP contribution < -0.4 is 10.6 Å². The van der Waals surface area contributed by atoms with Gasteiger partial charge in [-0.05, 0) is 34.1 Å². The molecule has 0 amide bonds. The third-order valence-electron chi connectivity index (χ3n) is 2.71. The van der Waals surface area contributed by atoms with Crippen LogP contribution in [0.2, 0.25) is 0 Å². The van der Waals surface area contributed by atoms with Gasteiger partial charge in [0.2, 0.25) is 0 Å². The highest BCUT2D eigenvalue weighted by molar-refractivity contribution is 5.57. The van der Waals surface area contributed by atoms with E-state index in [1.165, 1.54) is 6.42 Å². The Hall–Kier alpha value is -1.32. The first-order chi connectivity index (χ1) is 8.08. The topological polar surface area (TPSA) is 49.8 Å². The summed E-state index contributed by atoms with van der Waals surface area (Å²) < 4.78 is 0. The first-order valence-corrected chi connectivity index (χ1v) is 6.44. The molecule has 4 heteroatoms. The van der Waals surface area contributed by atoms with E-state index in [4.69, 9.17) is 0 Å². The lowest BCUT2D eigenvalue weighted by molar-refractivity contribution is 0.686. The molecule has 0 aliphatic heterocycles. The number of nitrogens with one attached hydrogen (secondary N) is 2. The SMILES string of the molecule is CCCC(C)Nc1nc(C)nc(NCC)c1C. The van der Waals surface area contributed by atoms with Gasteiger partial charge in [-0.2, -0.15) is 0 Å². The molecule has 96 valence electrons. The summed E-state index contributed by atoms with van der Waals surface area (Å²) in [4.78, 5) is 8.89. The van der Waals surface area contributed by atoms with Gasteiger partial charge < -0.3 is 10.6 Å². The first-order valence-electron chi connectivity index (χ1n) is 6.44. The van der Waals surface area contributed by atoms with E-state index < -0.39 is 0 Å². The minimum Gasteiger partial charge on any atom is -0.370 e. The van der Waals surface area contributed by atoms with Crippen LogP contribution in [0.15, 0.2) is 0 Å². The fraction of sp³-hybridized carbons (Fsp3) is 0.692. The van der Waals surface area contributed by atoms with Crippen molar-refractivity contribution >= 4 is 11.6 Å². The highest BCUT2D eigenvalue weighted by atomic mass is 15.1. The summed E-state index contributed by atoms with van der Waals surface area (Å²) in [6.07, 6.45) is 2.33. The molecule has 1 aromatic rings. The molecule has 0 aromatic carbocycles. The van der Waals surface area contributed by atoms with Crippen molar-refractivity contribution in [2.45, 2.75) is 53.5 Å². The number of rotatable bonds is 6. The maximum atomic E-state index is 4.48. The fourth-order valence-corrected chi connectivity index (χ4v) is 1.85. The molecular weight excluding hydrogens is 212 g/mol. The van der Waals surface area contributed by atoms with Crippen LogP contribution in [-0.2, 0) is 0 Å². The Morgan fingerprint density at radius 3 is 2.35 bits per heavy atom. The Morgan fingerprint density at radius 2 is 1.76 bits per heavy atom. The molecule has 1 unspecified atom stereocenters. The van der Waals surface area contributed by atoms with Crippen LogP contribution in [0.1, 0.15) is 45.0 Å². The third-order valence-corrected chi connectivity index (χ3v) is 2.71. The van der Waals surface area contributed by atoms with Gasteiger partial charge in [-0.3, -0.25) is 0 Å². The molecule has 1 heterocycles. The highest BCUT2D eigenvalue weighted by Crippen LogP contribution is 2.20. The lowest BCUT2D eigenvalue weighted by atomic mass is 10.2. The number of nitrogens with zero attached hydrogens (tertiary/aromatic N) is 2. The second-order valence-corrected chi connectivity index (χ2v) is 4.46. The van der Waals surface area contributed by atoms with Crippen molar-refractivity contribution in [3.63, 3.8) is 0 Å². The van der Waals surface area contributed by atoms with E-state index in [1.807, 2.05) is 6.92 Å². The van der Waals surface area contributed by atoms with Crippen LogP contribution in [0.25, 0.3) is 0 Å². The summed E-state index contributed by atoms with van der Waals surface area (Å²) in [6.45, 7) is 11.3. The lowest BCUT2D eigenvalue weighted by Crippen LogP contribution is -2.18. The van der Waals surface area contributed by atoms with E-state index in [2.05, 4.69) is 48.3 Å². The molecule has 0 saturated heterocycles. The molecule has 0 aliphatic carbocycles. The summed E-state index contributed by atoms with van der Waals surface area (Å²) in [5.74, 6) is 2.69. The molecule has 1 aromatic heterocycles. The maximum absolute atomic E-state index is 4.48. The van der Waals surface area contributed by atoms with Crippen LogP contribution in [0.5, 0.6) is 0 Å². The average molecular weight is 236 g/mol. The fourth-order valence-electron chi connectivity index (χ4n) is 1.85. The quantitative estimate of drug-likeness (QED) is 0.796. The van der Waals surface area contributed by atoms with Gasteiger partial charge in [-0.1, -0.05) is 13.3 Å². The Balaban J connectivity index is 2.90. The predicted molar refractivity (Wildman–Crippen MR) is 73.7 cm³/mol. The largest absolute Gasteiger partial charge is 0.370 e. The minimum atomic E-state index is 0.447. The van der Waals surface area contributed by atoms with Gasteiger partial charge in [0.05, 0.1) is 0 Å². The average Bonchev–Trinajstić information content (AvgIpc) is 2.25. The highest BCUT2D eigenvalue weighted by Gasteiger charge is 2.10. The molecule has 1 rings (SSSR count). The molecule has 0 spiro atoms. The van der Waals surface area contributed by atoms with Crippen LogP contribution in [0.4, 0.5) is 11.6 Å². The number of anilines is 2. The van der Waals surface area contributed by atoms with Crippen molar-refractivity contribution < 1.29 is 0 Å². The normalized spacial score (nSPS) is 12.3. The summed E-state index contributed by atoms with van der Waals surface area (Å²) in [7, 11) is 0. The molecule has 0 aliphatic rings. The predicted octanol–water partition coefficient (Wildman–Crippen LogP) is 3.13. The van der Waals surface area contributed by atoms with Gasteiger partial charge in [0, 0.05) is 18.2 Å². The molecule has 2 N–H and O–H groups in total. The van der Waals surface area contributed by atoms with E-state index in [1.54, 1.807) is 0 Å². The van der Waals surface area contributed by atoms with Gasteiger partial charge in [-0.25, -0.2) is 9.97 Å². The number of hydrogen-bond donors (Lipinski definition) is 2. The monoisotopic (exact) mass is 236 g/mol. The zero-order valence-corrected chi connectivity index (χ0v) is 11.6. The molecular formula is C13H24N4. The molecule has 0 fully saturated rings. The minimum absolute atomic E-state index is 0.447. The molecule has 0 radical (unpaired) electrons. The summed E-state index contributed by atoms with van der Waals surface area (Å²) in [6, 6.07) is 0.447. The van der Waals surface area contributed by atoms with Crippen LogP contribution in [0, 0.1) is 13.8 Å². The second kappa shape index (κ2) is 6.42. The Bertz CT molecular complexity index is 363. The number of aryl methyl sites for hydroxylation is 1. The Kier molecular flexibility index (Phi) is 5.19. The third kappa shape index (κ3) is 3.88. The standard InChI is InChI=1S/C13H24N4/c1-6-8-9(3)15-13-10(4)12(14-7-2)16-11(5)17-13/h9H,6-8H2,1-5H3,(H2,14,15,16,17). The second-order valence-electron chi connectivity index (χ2n) is 4.46. The van der Waals surface area contributed by atoms with E-state index in [9.17, 15) is 0 Å². The van der Waals surface area contributed by atoms with Crippen LogP contribution in [-0.4, -0.2) is 22.6 Å². The van der Waals surface area contributed by atoms with Gasteiger partial charge >= 0.3 is 0 Å². The van der Waals surface area contributed by atoms with Crippen LogP contribution in [0.3, 0.4) is 0 Å². The lowest BCUT2D eigenvalue weighted by Gasteiger charge is -2.17. The summed E-state index contributed by atoms with van der Waals surface area (Å²) in [5, 5.41) is 6.73. The van der Waals surface area contributed by atoms with Crippen molar-refractivity contribution in [3.8, 4) is 0 Å². The first kappa shape index (κ1) is 13.7. The van der Waals surface area contributed by atoms with Crippen molar-refractivity contribution in [2.24, 2.45) is 0 Å². The van der Waals surface area contributed by atoms with Crippen LogP contribution >= 0.6 is 0 Å². The Morgan fingerprint density at radius 1 is 1.12 bits per heavy atom. The molecule has 4 nitrogen and oxygen atoms in total. The number of hydrogen-bond acceptors (Lipinski definition) is 4. The van der Waals surface area contributed by atoms with E-state index in [0.717, 1.165) is 36.0 Å². The Labute approximate surface area is 104 Å². The zero-order valence-electron chi connectivity index (χ0n) is 11.6. The van der Waals surface area contributed by atoms with Gasteiger partial charge in [0.15, 0.2) is 0 Å². The van der Waals surface area contributed by atoms with E-state index in [0.29, 0.717) is 6.04 Å². The van der Waals surface area contributed by atoms with Gasteiger partial charge in [0.25, 0.3) is 0 Å². The zero-order chi connectivity index (χ0) is 12.8. The van der Waals surface area contributed by atoms with Crippen molar-refractivity contribution in [2.75, 3.05) is 17.2 Å². The molecule has 1 atom stereocenters. The van der Waals surface area contributed by atoms with E-state index >= 15 is 0 Å². The molecule has 0 bridgehead atoms. The molecule has 0 saturated carbocycles. The molecule has 17 heavy (non-hydrogen) atoms. The summed E-state index contributed by atoms with van der Waals surface area (Å²) >= 11 is 0. The number of aromatic nitrogens is 2.